The molecule has 0 spiro atoms. The second-order valence-electron chi connectivity index (χ2n) is 8.66. The molecule has 39 heavy (non-hydrogen) atoms. The number of pyridine rings is 1. The normalized spacial score (nSPS) is 15.5. The molecule has 2 heterocycles. The van der Waals surface area contributed by atoms with Gasteiger partial charge in [0.05, 0.1) is 33.2 Å². The number of alkyl halides is 6. The average molecular weight is 570 g/mol. The smallest absolute Gasteiger partial charge is 0.323 e. The molecule has 0 amide bonds. The van der Waals surface area contributed by atoms with Crippen LogP contribution in [0.25, 0.3) is 28.9 Å². The fourth-order valence-electron chi connectivity index (χ4n) is 4.21. The van der Waals surface area contributed by atoms with Gasteiger partial charge >= 0.3 is 12.4 Å². The summed E-state index contributed by atoms with van der Waals surface area (Å²) >= 11 is 0. The van der Waals surface area contributed by atoms with Crippen LogP contribution in [-0.4, -0.2) is 40.7 Å². The number of aromatic nitrogens is 3. The monoisotopic (exact) mass is 569 g/mol. The molecule has 1 aliphatic carbocycles. The van der Waals surface area contributed by atoms with E-state index in [1.54, 1.807) is 6.92 Å². The van der Waals surface area contributed by atoms with Crippen molar-refractivity contribution in [2.45, 2.75) is 37.5 Å². The van der Waals surface area contributed by atoms with Crippen LogP contribution in [0.15, 0.2) is 58.5 Å². The Labute approximate surface area is 219 Å². The Morgan fingerprint density at radius 2 is 1.56 bits per heavy atom. The van der Waals surface area contributed by atoms with E-state index in [9.17, 15) is 39.6 Å². The lowest BCUT2D eigenvalue weighted by molar-refractivity contribution is -0.137. The molecule has 13 heteroatoms. The Balaban J connectivity index is 1.96. The molecule has 0 saturated heterocycles. The number of fused-ring (bicyclic) bond motifs is 1. The third-order valence-corrected chi connectivity index (χ3v) is 7.92. The molecular weight excluding hydrogens is 548 g/mol. The number of ketones is 1. The van der Waals surface area contributed by atoms with E-state index in [2.05, 4.69) is 9.97 Å². The van der Waals surface area contributed by atoms with E-state index in [-0.39, 0.29) is 51.2 Å². The largest absolute Gasteiger partial charge is 0.417 e. The van der Waals surface area contributed by atoms with E-state index in [1.165, 1.54) is 30.7 Å². The third kappa shape index (κ3) is 5.14. The van der Waals surface area contributed by atoms with Crippen molar-refractivity contribution in [1.82, 2.24) is 14.5 Å². The van der Waals surface area contributed by atoms with E-state index in [1.807, 2.05) is 0 Å². The molecule has 0 aliphatic heterocycles. The molecule has 0 radical (unpaired) electrons. The number of nitrogens with zero attached hydrogens (tertiary/aromatic N) is 3. The first kappa shape index (κ1) is 28.3. The Morgan fingerprint density at radius 1 is 0.923 bits per heavy atom. The van der Waals surface area contributed by atoms with Gasteiger partial charge in [-0.3, -0.25) is 4.79 Å². The van der Waals surface area contributed by atoms with Gasteiger partial charge in [0, 0.05) is 18.2 Å². The average Bonchev–Trinajstić information content (AvgIpc) is 3.20. The molecule has 0 atom stereocenters. The van der Waals surface area contributed by atoms with Crippen LogP contribution in [0.5, 0.6) is 0 Å². The number of rotatable bonds is 5. The van der Waals surface area contributed by atoms with Gasteiger partial charge in [0.1, 0.15) is 11.4 Å². The number of hydrogen-bond donors (Lipinski definition) is 0. The van der Waals surface area contributed by atoms with E-state index in [0.717, 1.165) is 36.4 Å². The van der Waals surface area contributed by atoms with Gasteiger partial charge in [0.2, 0.25) is 5.78 Å². The SMILES string of the molecule is CC/C=C1/C(=O)c2c(nc(-c3nc(-c4ccc(C(F)(F)F)cc4)ccc3S(=O)(=O)CC)n2C)C=C1C(F)(F)F. The summed E-state index contributed by atoms with van der Waals surface area (Å²) in [6.45, 7) is 2.97. The summed E-state index contributed by atoms with van der Waals surface area (Å²) in [5.41, 5.74) is -3.01. The van der Waals surface area contributed by atoms with Crippen molar-refractivity contribution in [2.75, 3.05) is 5.75 Å². The number of halogens is 6. The standard InChI is InChI=1S/C26H21F6N3O3S/c1-4-6-16-17(26(30,31)32)13-19-22(23(16)36)35(3)24(34-19)21-20(39(37,38)5-2)12-11-18(33-21)14-7-9-15(10-8-14)25(27,28)29/h6-13H,4-5H2,1-3H3/b16-6+. The first-order valence-electron chi connectivity index (χ1n) is 11.6. The zero-order valence-electron chi connectivity index (χ0n) is 20.8. The fraction of sp³-hybridized carbons (Fsp3) is 0.269. The van der Waals surface area contributed by atoms with Crippen LogP contribution in [0, 0.1) is 0 Å². The summed E-state index contributed by atoms with van der Waals surface area (Å²) in [4.78, 5) is 21.4. The summed E-state index contributed by atoms with van der Waals surface area (Å²) < 4.78 is 107. The van der Waals surface area contributed by atoms with E-state index < -0.39 is 44.7 Å². The number of benzene rings is 1. The summed E-state index contributed by atoms with van der Waals surface area (Å²) in [5, 5.41) is 0. The lowest BCUT2D eigenvalue weighted by Crippen LogP contribution is -2.24. The number of carbonyl (C=O) groups is 1. The third-order valence-electron chi connectivity index (χ3n) is 6.16. The minimum Gasteiger partial charge on any atom is -0.323 e. The number of hydrogen-bond acceptors (Lipinski definition) is 5. The van der Waals surface area contributed by atoms with Crippen LogP contribution < -0.4 is 0 Å². The molecule has 1 aliphatic rings. The summed E-state index contributed by atoms with van der Waals surface area (Å²) in [7, 11) is -2.59. The van der Waals surface area contributed by atoms with Crippen molar-refractivity contribution >= 4 is 21.7 Å². The zero-order valence-corrected chi connectivity index (χ0v) is 21.6. The first-order chi connectivity index (χ1) is 18.1. The van der Waals surface area contributed by atoms with Crippen LogP contribution >= 0.6 is 0 Å². The van der Waals surface area contributed by atoms with Gasteiger partial charge in [-0.25, -0.2) is 18.4 Å². The molecular formula is C26H21F6N3O3S. The molecule has 3 aromatic rings. The van der Waals surface area contributed by atoms with E-state index in [4.69, 9.17) is 0 Å². The highest BCUT2D eigenvalue weighted by molar-refractivity contribution is 7.91. The summed E-state index contributed by atoms with van der Waals surface area (Å²) in [6, 6.07) is 6.54. The van der Waals surface area contributed by atoms with Crippen LogP contribution in [0.2, 0.25) is 0 Å². The molecule has 1 aromatic carbocycles. The molecule has 4 rings (SSSR count). The second-order valence-corrected chi connectivity index (χ2v) is 10.9. The van der Waals surface area contributed by atoms with E-state index >= 15 is 0 Å². The molecule has 0 unspecified atom stereocenters. The Hall–Kier alpha value is -3.74. The van der Waals surface area contributed by atoms with Crippen molar-refractivity contribution in [3.8, 4) is 22.8 Å². The molecule has 0 saturated carbocycles. The highest BCUT2D eigenvalue weighted by Crippen LogP contribution is 2.40. The highest BCUT2D eigenvalue weighted by atomic mass is 32.2. The van der Waals surface area contributed by atoms with Crippen molar-refractivity contribution in [3.63, 3.8) is 0 Å². The second kappa shape index (κ2) is 9.78. The Morgan fingerprint density at radius 3 is 2.10 bits per heavy atom. The van der Waals surface area contributed by atoms with Crippen molar-refractivity contribution in [1.29, 1.82) is 0 Å². The Bertz CT molecular complexity index is 1630. The highest BCUT2D eigenvalue weighted by Gasteiger charge is 2.43. The molecule has 2 aromatic heterocycles. The maximum atomic E-state index is 13.8. The van der Waals surface area contributed by atoms with E-state index in [0.29, 0.717) is 0 Å². The number of allylic oxidation sites excluding steroid dienone is 3. The van der Waals surface area contributed by atoms with Gasteiger partial charge in [-0.2, -0.15) is 26.3 Å². The summed E-state index contributed by atoms with van der Waals surface area (Å²) in [5.74, 6) is -1.46. The van der Waals surface area contributed by atoms with Gasteiger partial charge in [0.25, 0.3) is 0 Å². The van der Waals surface area contributed by atoms with Gasteiger partial charge < -0.3 is 4.57 Å². The predicted octanol–water partition coefficient (Wildman–Crippen LogP) is 6.44. The fourth-order valence-corrected chi connectivity index (χ4v) is 5.23. The minimum atomic E-state index is -4.84. The maximum Gasteiger partial charge on any atom is 0.417 e. The number of sulfone groups is 1. The lowest BCUT2D eigenvalue weighted by atomic mass is 9.91. The Kier molecular flexibility index (Phi) is 7.09. The van der Waals surface area contributed by atoms with Gasteiger partial charge in [-0.05, 0) is 36.8 Å². The molecule has 206 valence electrons. The first-order valence-corrected chi connectivity index (χ1v) is 13.3. The lowest BCUT2D eigenvalue weighted by Gasteiger charge is -2.19. The molecule has 6 nitrogen and oxygen atoms in total. The summed E-state index contributed by atoms with van der Waals surface area (Å²) in [6.07, 6.45) is -7.36. The maximum absolute atomic E-state index is 13.8. The minimum absolute atomic E-state index is 0.0965. The van der Waals surface area contributed by atoms with Crippen molar-refractivity contribution < 1.29 is 39.6 Å². The quantitative estimate of drug-likeness (QED) is 0.261. The number of carbonyl (C=O) groups excluding carboxylic acids is 1. The topological polar surface area (TPSA) is 81.9 Å². The van der Waals surface area contributed by atoms with Gasteiger partial charge in [-0.15, -0.1) is 0 Å². The zero-order chi connectivity index (χ0) is 28.9. The number of imidazole rings is 1. The van der Waals surface area contributed by atoms with Crippen molar-refractivity contribution in [3.05, 3.63) is 70.6 Å². The molecule has 0 fully saturated rings. The van der Waals surface area contributed by atoms with Crippen LogP contribution in [0.3, 0.4) is 0 Å². The number of Topliss-reactive ketones (excluding diaryl/α,β-unsaturated/α-hetero) is 1. The molecule has 0 N–H and O–H groups in total. The predicted molar refractivity (Wildman–Crippen MR) is 131 cm³/mol. The van der Waals surface area contributed by atoms with Crippen molar-refractivity contribution in [2.24, 2.45) is 7.05 Å². The van der Waals surface area contributed by atoms with Gasteiger partial charge in [0.15, 0.2) is 15.7 Å². The van der Waals surface area contributed by atoms with Gasteiger partial charge in [-0.1, -0.05) is 32.1 Å². The van der Waals surface area contributed by atoms with Crippen LogP contribution in [0.1, 0.15) is 42.0 Å². The van der Waals surface area contributed by atoms with Crippen LogP contribution in [0.4, 0.5) is 26.3 Å². The molecule has 0 bridgehead atoms. The van der Waals surface area contributed by atoms with Crippen LogP contribution in [-0.2, 0) is 23.1 Å².